The second kappa shape index (κ2) is 12.7. The number of nitrogens with one attached hydrogen (secondary N) is 1. The molecule has 3 rings (SSSR count). The van der Waals surface area contributed by atoms with Gasteiger partial charge < -0.3 is 15.0 Å². The Labute approximate surface area is 223 Å². The topological polar surface area (TPSA) is 58.6 Å². The van der Waals surface area contributed by atoms with Crippen LogP contribution in [0.15, 0.2) is 83.3 Å². The van der Waals surface area contributed by atoms with Gasteiger partial charge in [0.15, 0.2) is 6.61 Å². The van der Waals surface area contributed by atoms with Gasteiger partial charge in [-0.3, -0.25) is 9.59 Å². The predicted octanol–water partition coefficient (Wildman–Crippen LogP) is 5.90. The van der Waals surface area contributed by atoms with E-state index < -0.39 is 6.04 Å². The highest BCUT2D eigenvalue weighted by atomic mass is 79.9. The first-order valence-electron chi connectivity index (χ1n) is 12.3. The molecule has 0 fully saturated rings. The second-order valence-electron chi connectivity index (χ2n) is 9.79. The maximum Gasteiger partial charge on any atom is 0.261 e. The number of carbonyl (C=O) groups excluding carboxylic acids is 2. The third kappa shape index (κ3) is 7.69. The van der Waals surface area contributed by atoms with Crippen molar-refractivity contribution in [2.45, 2.75) is 52.1 Å². The van der Waals surface area contributed by atoms with E-state index in [1.807, 2.05) is 85.8 Å². The molecule has 0 aliphatic rings. The van der Waals surface area contributed by atoms with Crippen LogP contribution in [0.3, 0.4) is 0 Å². The molecule has 1 unspecified atom stereocenters. The van der Waals surface area contributed by atoms with E-state index in [1.54, 1.807) is 4.90 Å². The van der Waals surface area contributed by atoms with Crippen molar-refractivity contribution < 1.29 is 14.3 Å². The molecule has 0 aliphatic heterocycles. The third-order valence-electron chi connectivity index (χ3n) is 5.97. The minimum Gasteiger partial charge on any atom is -0.483 e. The Hall–Kier alpha value is -3.12. The first-order chi connectivity index (χ1) is 17.2. The Bertz CT molecular complexity index is 1140. The van der Waals surface area contributed by atoms with Crippen LogP contribution in [0.5, 0.6) is 5.75 Å². The molecule has 0 radical (unpaired) electrons. The van der Waals surface area contributed by atoms with Crippen LogP contribution < -0.4 is 10.1 Å². The summed E-state index contributed by atoms with van der Waals surface area (Å²) in [6.45, 7) is 8.94. The zero-order valence-electron chi connectivity index (χ0n) is 21.5. The average molecular weight is 552 g/mol. The molecule has 0 bridgehead atoms. The molecule has 0 heterocycles. The van der Waals surface area contributed by atoms with Crippen LogP contribution in [0.25, 0.3) is 0 Å². The summed E-state index contributed by atoms with van der Waals surface area (Å²) in [7, 11) is 0. The first-order valence-corrected chi connectivity index (χ1v) is 13.1. The molecule has 0 spiro atoms. The van der Waals surface area contributed by atoms with E-state index in [0.717, 1.165) is 21.2 Å². The number of halogens is 1. The maximum absolute atomic E-state index is 13.6. The van der Waals surface area contributed by atoms with Crippen LogP contribution in [0, 0.1) is 0 Å². The zero-order chi connectivity index (χ0) is 26.1. The van der Waals surface area contributed by atoms with Crippen molar-refractivity contribution in [2.24, 2.45) is 0 Å². The van der Waals surface area contributed by atoms with Crippen molar-refractivity contribution in [3.05, 3.63) is 100 Å². The molecule has 1 N–H and O–H groups in total. The molecule has 0 saturated carbocycles. The van der Waals surface area contributed by atoms with E-state index in [4.69, 9.17) is 4.74 Å². The molecule has 2 amide bonds. The summed E-state index contributed by atoms with van der Waals surface area (Å²) < 4.78 is 6.75. The number of carbonyl (C=O) groups is 2. The highest BCUT2D eigenvalue weighted by molar-refractivity contribution is 9.10. The van der Waals surface area contributed by atoms with Gasteiger partial charge >= 0.3 is 0 Å². The summed E-state index contributed by atoms with van der Waals surface area (Å²) in [5, 5.41) is 2.91. The summed E-state index contributed by atoms with van der Waals surface area (Å²) >= 11 is 3.58. The summed E-state index contributed by atoms with van der Waals surface area (Å²) in [4.78, 5) is 28.4. The van der Waals surface area contributed by atoms with Crippen LogP contribution in [-0.2, 0) is 28.0 Å². The van der Waals surface area contributed by atoms with Crippen LogP contribution >= 0.6 is 15.9 Å². The minimum absolute atomic E-state index is 0.000646. The Morgan fingerprint density at radius 3 is 2.11 bits per heavy atom. The molecule has 0 aliphatic carbocycles. The van der Waals surface area contributed by atoms with Gasteiger partial charge in [0, 0.05) is 19.5 Å². The van der Waals surface area contributed by atoms with E-state index in [0.29, 0.717) is 25.3 Å². The SMILES string of the molecule is CCNC(=O)C(Cc1ccccc1)N(Cc1ccccc1)C(=O)COc1ccc(C(C)(C)C)cc1Br. The molecular formula is C30H35BrN2O3. The van der Waals surface area contributed by atoms with Crippen molar-refractivity contribution in [2.75, 3.05) is 13.2 Å². The Kier molecular flexibility index (Phi) is 9.71. The minimum atomic E-state index is -0.671. The molecule has 3 aromatic carbocycles. The second-order valence-corrected chi connectivity index (χ2v) is 10.6. The van der Waals surface area contributed by atoms with Crippen molar-refractivity contribution in [1.29, 1.82) is 0 Å². The van der Waals surface area contributed by atoms with Gasteiger partial charge in [-0.1, -0.05) is 87.5 Å². The number of rotatable bonds is 10. The van der Waals surface area contributed by atoms with Crippen LogP contribution in [0.4, 0.5) is 0 Å². The van der Waals surface area contributed by atoms with Crippen molar-refractivity contribution >= 4 is 27.7 Å². The molecular weight excluding hydrogens is 516 g/mol. The molecule has 5 nitrogen and oxygen atoms in total. The monoisotopic (exact) mass is 550 g/mol. The van der Waals surface area contributed by atoms with Crippen LogP contribution in [-0.4, -0.2) is 35.9 Å². The fourth-order valence-corrected chi connectivity index (χ4v) is 4.43. The predicted molar refractivity (Wildman–Crippen MR) is 148 cm³/mol. The van der Waals surface area contributed by atoms with E-state index in [-0.39, 0.29) is 23.8 Å². The summed E-state index contributed by atoms with van der Waals surface area (Å²) in [6, 6.07) is 24.7. The summed E-state index contributed by atoms with van der Waals surface area (Å²) in [6.07, 6.45) is 0.412. The lowest BCUT2D eigenvalue weighted by Gasteiger charge is -2.31. The number of hydrogen-bond acceptors (Lipinski definition) is 3. The smallest absolute Gasteiger partial charge is 0.261 e. The Balaban J connectivity index is 1.86. The van der Waals surface area contributed by atoms with E-state index in [1.165, 1.54) is 0 Å². The van der Waals surface area contributed by atoms with E-state index in [2.05, 4.69) is 42.0 Å². The van der Waals surface area contributed by atoms with Crippen LogP contribution in [0.1, 0.15) is 44.4 Å². The number of hydrogen-bond donors (Lipinski definition) is 1. The van der Waals surface area contributed by atoms with Gasteiger partial charge in [0.1, 0.15) is 11.8 Å². The van der Waals surface area contributed by atoms with Gasteiger partial charge in [0.25, 0.3) is 5.91 Å². The first kappa shape index (κ1) is 27.5. The normalized spacial score (nSPS) is 12.0. The van der Waals surface area contributed by atoms with Crippen molar-refractivity contribution in [3.63, 3.8) is 0 Å². The molecule has 3 aromatic rings. The third-order valence-corrected chi connectivity index (χ3v) is 6.59. The van der Waals surface area contributed by atoms with Gasteiger partial charge in [-0.2, -0.15) is 0 Å². The standard InChI is InChI=1S/C30H35BrN2O3/c1-5-32-29(35)26(18-22-12-8-6-9-13-22)33(20-23-14-10-7-11-15-23)28(34)21-36-27-17-16-24(19-25(27)31)30(2,3)4/h6-17,19,26H,5,18,20-21H2,1-4H3,(H,32,35). The van der Waals surface area contributed by atoms with Gasteiger partial charge in [0.2, 0.25) is 5.91 Å². The van der Waals surface area contributed by atoms with E-state index in [9.17, 15) is 9.59 Å². The number of likely N-dealkylation sites (N-methyl/N-ethyl adjacent to an activating group) is 1. The fraction of sp³-hybridized carbons (Fsp3) is 0.333. The lowest BCUT2D eigenvalue weighted by molar-refractivity contribution is -0.142. The van der Waals surface area contributed by atoms with Crippen molar-refractivity contribution in [3.8, 4) is 5.75 Å². The summed E-state index contributed by atoms with van der Waals surface area (Å²) in [5.41, 5.74) is 3.10. The van der Waals surface area contributed by atoms with Gasteiger partial charge in [0.05, 0.1) is 4.47 Å². The Morgan fingerprint density at radius 1 is 0.944 bits per heavy atom. The number of ether oxygens (including phenoxy) is 1. The van der Waals surface area contributed by atoms with Crippen LogP contribution in [0.2, 0.25) is 0 Å². The van der Waals surface area contributed by atoms with E-state index >= 15 is 0 Å². The molecule has 190 valence electrons. The molecule has 0 saturated heterocycles. The van der Waals surface area contributed by atoms with Crippen molar-refractivity contribution in [1.82, 2.24) is 10.2 Å². The Morgan fingerprint density at radius 2 is 1.56 bits per heavy atom. The molecule has 0 aromatic heterocycles. The lowest BCUT2D eigenvalue weighted by Crippen LogP contribution is -2.51. The van der Waals surface area contributed by atoms with Gasteiger partial charge in [-0.15, -0.1) is 0 Å². The lowest BCUT2D eigenvalue weighted by atomic mass is 9.87. The average Bonchev–Trinajstić information content (AvgIpc) is 2.86. The number of nitrogens with zero attached hydrogens (tertiary/aromatic N) is 1. The largest absolute Gasteiger partial charge is 0.483 e. The number of amides is 2. The molecule has 1 atom stereocenters. The highest BCUT2D eigenvalue weighted by Gasteiger charge is 2.30. The van der Waals surface area contributed by atoms with Gasteiger partial charge in [-0.05, 0) is 57.1 Å². The quantitative estimate of drug-likeness (QED) is 0.341. The summed E-state index contributed by atoms with van der Waals surface area (Å²) in [5.74, 6) is 0.160. The number of benzene rings is 3. The van der Waals surface area contributed by atoms with Gasteiger partial charge in [-0.25, -0.2) is 0 Å². The highest BCUT2D eigenvalue weighted by Crippen LogP contribution is 2.31. The maximum atomic E-state index is 13.6. The molecule has 36 heavy (non-hydrogen) atoms. The zero-order valence-corrected chi connectivity index (χ0v) is 23.0. The molecule has 6 heteroatoms. The fourth-order valence-electron chi connectivity index (χ4n) is 3.93.